The quantitative estimate of drug-likeness (QED) is 0.807. The molecule has 94 valence electrons. The minimum atomic E-state index is -0.168. The highest BCUT2D eigenvalue weighted by Gasteiger charge is 2.22. The predicted octanol–water partition coefficient (Wildman–Crippen LogP) is 3.90. The maximum absolute atomic E-state index is 12.4. The molecule has 0 aliphatic carbocycles. The maximum atomic E-state index is 12.4. The number of halogens is 1. The lowest BCUT2D eigenvalue weighted by molar-refractivity contribution is 0.101. The van der Waals surface area contributed by atoms with Crippen molar-refractivity contribution in [1.82, 2.24) is 0 Å². The molecule has 0 saturated heterocycles. The van der Waals surface area contributed by atoms with Crippen LogP contribution in [0.3, 0.4) is 0 Å². The Morgan fingerprint density at radius 2 is 2.11 bits per heavy atom. The molecule has 0 N–H and O–H groups in total. The van der Waals surface area contributed by atoms with E-state index in [4.69, 9.17) is 9.15 Å². The summed E-state index contributed by atoms with van der Waals surface area (Å²) >= 11 is 3.45. The molecule has 0 bridgehead atoms. The third-order valence-electron chi connectivity index (χ3n) is 2.84. The van der Waals surface area contributed by atoms with Crippen molar-refractivity contribution in [3.63, 3.8) is 0 Å². The lowest BCUT2D eigenvalue weighted by Gasteiger charge is -2.14. The Morgan fingerprint density at radius 1 is 1.39 bits per heavy atom. The summed E-state index contributed by atoms with van der Waals surface area (Å²) in [4.78, 5) is 12.4. The van der Waals surface area contributed by atoms with Gasteiger partial charge in [0.1, 0.15) is 5.75 Å². The number of carbonyl (C=O) groups is 1. The number of hydrogen-bond donors (Lipinski definition) is 0. The van der Waals surface area contributed by atoms with Gasteiger partial charge in [0.25, 0.3) is 0 Å². The number of furan rings is 1. The highest BCUT2D eigenvalue weighted by molar-refractivity contribution is 9.10. The van der Waals surface area contributed by atoms with Gasteiger partial charge in [0.05, 0.1) is 18.9 Å². The molecule has 1 aromatic carbocycles. The van der Waals surface area contributed by atoms with Gasteiger partial charge < -0.3 is 9.15 Å². The SMILES string of the molecule is COc1c(C)cc(Br)c(C)c1C(=O)c1ccco1. The molecule has 18 heavy (non-hydrogen) atoms. The first-order chi connectivity index (χ1) is 8.56. The Morgan fingerprint density at radius 3 is 2.67 bits per heavy atom. The first-order valence-corrected chi connectivity index (χ1v) is 6.27. The third kappa shape index (κ3) is 2.08. The van der Waals surface area contributed by atoms with E-state index in [0.29, 0.717) is 17.1 Å². The average Bonchev–Trinajstić information content (AvgIpc) is 2.86. The monoisotopic (exact) mass is 308 g/mol. The van der Waals surface area contributed by atoms with E-state index in [9.17, 15) is 4.79 Å². The van der Waals surface area contributed by atoms with Gasteiger partial charge in [0.2, 0.25) is 5.78 Å². The summed E-state index contributed by atoms with van der Waals surface area (Å²) in [5, 5.41) is 0. The van der Waals surface area contributed by atoms with Gasteiger partial charge in [-0.3, -0.25) is 4.79 Å². The largest absolute Gasteiger partial charge is 0.496 e. The van der Waals surface area contributed by atoms with E-state index in [1.165, 1.54) is 6.26 Å². The molecule has 3 nitrogen and oxygen atoms in total. The standard InChI is InChI=1S/C14H13BrO3/c1-8-7-10(15)9(2)12(14(8)17-3)13(16)11-5-4-6-18-11/h4-7H,1-3H3. The number of methoxy groups -OCH3 is 1. The highest BCUT2D eigenvalue weighted by Crippen LogP contribution is 2.33. The summed E-state index contributed by atoms with van der Waals surface area (Å²) in [7, 11) is 1.56. The Hall–Kier alpha value is -1.55. The van der Waals surface area contributed by atoms with Gasteiger partial charge in [0.15, 0.2) is 5.76 Å². The van der Waals surface area contributed by atoms with Gasteiger partial charge in [-0.05, 0) is 43.2 Å². The fourth-order valence-corrected chi connectivity index (χ4v) is 2.46. The lowest BCUT2D eigenvalue weighted by atomic mass is 9.99. The zero-order valence-electron chi connectivity index (χ0n) is 10.4. The number of benzene rings is 1. The Bertz CT molecular complexity index is 586. The number of ketones is 1. The normalized spacial score (nSPS) is 10.4. The maximum Gasteiger partial charge on any atom is 0.232 e. The Labute approximate surface area is 114 Å². The second-order valence-corrected chi connectivity index (χ2v) is 4.87. The molecule has 0 aliphatic rings. The van der Waals surface area contributed by atoms with Crippen LogP contribution in [0.2, 0.25) is 0 Å². The van der Waals surface area contributed by atoms with Gasteiger partial charge in [-0.25, -0.2) is 0 Å². The minimum Gasteiger partial charge on any atom is -0.496 e. The lowest BCUT2D eigenvalue weighted by Crippen LogP contribution is -2.07. The Kier molecular flexibility index (Phi) is 3.57. The minimum absolute atomic E-state index is 0.168. The number of aryl methyl sites for hydroxylation is 1. The summed E-state index contributed by atoms with van der Waals surface area (Å²) in [6, 6.07) is 5.28. The van der Waals surface area contributed by atoms with Crippen molar-refractivity contribution in [2.75, 3.05) is 7.11 Å². The molecule has 0 atom stereocenters. The zero-order valence-corrected chi connectivity index (χ0v) is 12.0. The molecule has 0 spiro atoms. The summed E-state index contributed by atoms with van der Waals surface area (Å²) in [5.74, 6) is 0.741. The van der Waals surface area contributed by atoms with Crippen LogP contribution in [0.1, 0.15) is 27.2 Å². The summed E-state index contributed by atoms with van der Waals surface area (Å²) < 4.78 is 11.4. The van der Waals surface area contributed by atoms with Crippen molar-refractivity contribution in [3.05, 3.63) is 51.4 Å². The molecule has 0 amide bonds. The first kappa shape index (κ1) is 12.9. The van der Waals surface area contributed by atoms with Crippen LogP contribution in [0.5, 0.6) is 5.75 Å². The molecule has 0 saturated carbocycles. The van der Waals surface area contributed by atoms with Crippen LogP contribution in [0.15, 0.2) is 33.4 Å². The van der Waals surface area contributed by atoms with E-state index in [1.54, 1.807) is 19.2 Å². The van der Waals surface area contributed by atoms with Crippen molar-refractivity contribution >= 4 is 21.7 Å². The second-order valence-electron chi connectivity index (χ2n) is 4.01. The summed E-state index contributed by atoms with van der Waals surface area (Å²) in [5.41, 5.74) is 2.29. The molecular weight excluding hydrogens is 296 g/mol. The van der Waals surface area contributed by atoms with Crippen molar-refractivity contribution in [1.29, 1.82) is 0 Å². The van der Waals surface area contributed by atoms with E-state index in [0.717, 1.165) is 15.6 Å². The molecule has 0 aliphatic heterocycles. The van der Waals surface area contributed by atoms with Gasteiger partial charge in [-0.2, -0.15) is 0 Å². The summed E-state index contributed by atoms with van der Waals surface area (Å²) in [6.45, 7) is 3.78. The van der Waals surface area contributed by atoms with Crippen LogP contribution < -0.4 is 4.74 Å². The van der Waals surface area contributed by atoms with E-state index < -0.39 is 0 Å². The predicted molar refractivity (Wildman–Crippen MR) is 72.3 cm³/mol. The van der Waals surface area contributed by atoms with Gasteiger partial charge in [-0.1, -0.05) is 15.9 Å². The number of carbonyl (C=O) groups excluding carboxylic acids is 1. The Balaban J connectivity index is 2.66. The van der Waals surface area contributed by atoms with E-state index in [2.05, 4.69) is 15.9 Å². The van der Waals surface area contributed by atoms with Crippen molar-refractivity contribution in [3.8, 4) is 5.75 Å². The number of ether oxygens (including phenoxy) is 1. The fraction of sp³-hybridized carbons (Fsp3) is 0.214. The number of hydrogen-bond acceptors (Lipinski definition) is 3. The van der Waals surface area contributed by atoms with E-state index in [1.807, 2.05) is 19.9 Å². The molecule has 1 aromatic heterocycles. The highest BCUT2D eigenvalue weighted by atomic mass is 79.9. The average molecular weight is 309 g/mol. The van der Waals surface area contributed by atoms with Crippen molar-refractivity contribution in [2.24, 2.45) is 0 Å². The van der Waals surface area contributed by atoms with Crippen LogP contribution in [0, 0.1) is 13.8 Å². The van der Waals surface area contributed by atoms with Crippen molar-refractivity contribution < 1.29 is 13.9 Å². The molecule has 4 heteroatoms. The topological polar surface area (TPSA) is 39.4 Å². The molecule has 2 aromatic rings. The van der Waals surface area contributed by atoms with Crippen LogP contribution >= 0.6 is 15.9 Å². The summed E-state index contributed by atoms with van der Waals surface area (Å²) in [6.07, 6.45) is 1.49. The van der Waals surface area contributed by atoms with Crippen LogP contribution in [-0.4, -0.2) is 12.9 Å². The van der Waals surface area contributed by atoms with E-state index in [-0.39, 0.29) is 5.78 Å². The first-order valence-electron chi connectivity index (χ1n) is 5.48. The van der Waals surface area contributed by atoms with Gasteiger partial charge in [-0.15, -0.1) is 0 Å². The van der Waals surface area contributed by atoms with Gasteiger partial charge in [0, 0.05) is 4.47 Å². The second kappa shape index (κ2) is 4.98. The fourth-order valence-electron chi connectivity index (χ4n) is 1.92. The smallest absolute Gasteiger partial charge is 0.232 e. The molecule has 0 radical (unpaired) electrons. The van der Waals surface area contributed by atoms with Crippen LogP contribution in [-0.2, 0) is 0 Å². The van der Waals surface area contributed by atoms with Crippen LogP contribution in [0.4, 0.5) is 0 Å². The molecule has 0 unspecified atom stereocenters. The third-order valence-corrected chi connectivity index (χ3v) is 3.66. The van der Waals surface area contributed by atoms with Crippen molar-refractivity contribution in [2.45, 2.75) is 13.8 Å². The zero-order chi connectivity index (χ0) is 13.3. The number of rotatable bonds is 3. The molecule has 2 rings (SSSR count). The molecular formula is C14H13BrO3. The molecule has 0 fully saturated rings. The van der Waals surface area contributed by atoms with Gasteiger partial charge >= 0.3 is 0 Å². The van der Waals surface area contributed by atoms with E-state index >= 15 is 0 Å². The van der Waals surface area contributed by atoms with Crippen LogP contribution in [0.25, 0.3) is 0 Å². The molecule has 1 heterocycles.